The minimum atomic E-state index is -0.867. The molecular formula is C11H13NO5. The smallest absolute Gasteiger partial charge is 0.303 e. The summed E-state index contributed by atoms with van der Waals surface area (Å²) in [6, 6.07) is 4.45. The maximum atomic E-state index is 10.6. The first-order valence-corrected chi connectivity index (χ1v) is 5.10. The van der Waals surface area contributed by atoms with Crippen LogP contribution in [-0.2, 0) is 4.79 Å². The average Bonchev–Trinajstić information content (AvgIpc) is 2.23. The van der Waals surface area contributed by atoms with Crippen molar-refractivity contribution in [1.82, 2.24) is 0 Å². The van der Waals surface area contributed by atoms with E-state index in [-0.39, 0.29) is 18.7 Å². The molecule has 0 aliphatic heterocycles. The van der Waals surface area contributed by atoms with Crippen LogP contribution in [0.3, 0.4) is 0 Å². The number of carbonyl (C=O) groups is 1. The number of nitro benzene ring substituents is 1. The first kappa shape index (κ1) is 13.0. The number of hydrogen-bond donors (Lipinski definition) is 1. The van der Waals surface area contributed by atoms with Crippen LogP contribution in [0.2, 0.25) is 0 Å². The topological polar surface area (TPSA) is 89.7 Å². The molecule has 1 rings (SSSR count). The molecule has 0 fully saturated rings. The van der Waals surface area contributed by atoms with Gasteiger partial charge in [-0.05, 0) is 25.5 Å². The minimum Gasteiger partial charge on any atom is -0.494 e. The number of hydrogen-bond acceptors (Lipinski definition) is 4. The molecule has 92 valence electrons. The van der Waals surface area contributed by atoms with E-state index in [1.165, 1.54) is 12.1 Å². The quantitative estimate of drug-likeness (QED) is 0.466. The summed E-state index contributed by atoms with van der Waals surface area (Å²) in [5, 5.41) is 19.0. The molecule has 1 aromatic carbocycles. The van der Waals surface area contributed by atoms with E-state index in [0.717, 1.165) is 0 Å². The van der Waals surface area contributed by atoms with Crippen LogP contribution in [0.15, 0.2) is 18.2 Å². The Hall–Kier alpha value is -2.11. The molecule has 0 heterocycles. The zero-order valence-electron chi connectivity index (χ0n) is 9.38. The molecule has 0 aliphatic rings. The van der Waals surface area contributed by atoms with Crippen LogP contribution in [0.25, 0.3) is 0 Å². The van der Waals surface area contributed by atoms with Crippen LogP contribution < -0.4 is 4.74 Å². The van der Waals surface area contributed by atoms with Crippen molar-refractivity contribution in [3.05, 3.63) is 33.9 Å². The Morgan fingerprint density at radius 2 is 2.24 bits per heavy atom. The van der Waals surface area contributed by atoms with Gasteiger partial charge in [-0.25, -0.2) is 0 Å². The van der Waals surface area contributed by atoms with Crippen molar-refractivity contribution in [3.63, 3.8) is 0 Å². The molecule has 0 saturated carbocycles. The van der Waals surface area contributed by atoms with Crippen LogP contribution in [-0.4, -0.2) is 22.6 Å². The van der Waals surface area contributed by atoms with Gasteiger partial charge in [0.05, 0.1) is 11.5 Å². The fourth-order valence-electron chi connectivity index (χ4n) is 1.34. The zero-order valence-corrected chi connectivity index (χ0v) is 9.38. The third-order valence-electron chi connectivity index (χ3n) is 2.17. The number of nitrogens with zero attached hydrogens (tertiary/aromatic N) is 1. The third-order valence-corrected chi connectivity index (χ3v) is 2.17. The number of nitro groups is 1. The van der Waals surface area contributed by atoms with Gasteiger partial charge >= 0.3 is 5.97 Å². The summed E-state index contributed by atoms with van der Waals surface area (Å²) in [5.74, 6) is -0.355. The van der Waals surface area contributed by atoms with Crippen LogP contribution in [0, 0.1) is 17.0 Å². The molecule has 1 aromatic rings. The van der Waals surface area contributed by atoms with Gasteiger partial charge in [0.1, 0.15) is 5.75 Å². The molecule has 0 unspecified atom stereocenters. The fraction of sp³-hybridized carbons (Fsp3) is 0.364. The molecule has 17 heavy (non-hydrogen) atoms. The van der Waals surface area contributed by atoms with Crippen molar-refractivity contribution < 1.29 is 19.6 Å². The van der Waals surface area contributed by atoms with Crippen molar-refractivity contribution in [1.29, 1.82) is 0 Å². The number of aryl methyl sites for hydroxylation is 1. The Bertz CT molecular complexity index is 430. The highest BCUT2D eigenvalue weighted by Crippen LogP contribution is 2.23. The van der Waals surface area contributed by atoms with Gasteiger partial charge in [-0.1, -0.05) is 0 Å². The summed E-state index contributed by atoms with van der Waals surface area (Å²) in [7, 11) is 0. The molecule has 0 amide bonds. The van der Waals surface area contributed by atoms with Gasteiger partial charge < -0.3 is 9.84 Å². The second-order valence-electron chi connectivity index (χ2n) is 3.55. The lowest BCUT2D eigenvalue weighted by Crippen LogP contribution is -2.02. The van der Waals surface area contributed by atoms with Gasteiger partial charge in [-0.2, -0.15) is 0 Å². The summed E-state index contributed by atoms with van der Waals surface area (Å²) < 4.78 is 5.29. The van der Waals surface area contributed by atoms with Crippen LogP contribution in [0.1, 0.15) is 18.4 Å². The number of aliphatic carboxylic acids is 1. The van der Waals surface area contributed by atoms with Gasteiger partial charge in [0.25, 0.3) is 5.69 Å². The van der Waals surface area contributed by atoms with Crippen molar-refractivity contribution >= 4 is 11.7 Å². The number of carboxylic acid groups (broad SMARTS) is 1. The maximum Gasteiger partial charge on any atom is 0.303 e. The molecule has 0 radical (unpaired) electrons. The molecule has 0 saturated heterocycles. The SMILES string of the molecule is Cc1cc(OCCCC(=O)O)ccc1[N+](=O)[O-]. The van der Waals surface area contributed by atoms with Crippen molar-refractivity contribution in [2.75, 3.05) is 6.61 Å². The highest BCUT2D eigenvalue weighted by molar-refractivity contribution is 5.66. The fourth-order valence-corrected chi connectivity index (χ4v) is 1.34. The van der Waals surface area contributed by atoms with Crippen LogP contribution in [0.5, 0.6) is 5.75 Å². The standard InChI is InChI=1S/C11H13NO5/c1-8-7-9(4-5-10(8)12(15)16)17-6-2-3-11(13)14/h4-5,7H,2-3,6H2,1H3,(H,13,14). The molecule has 1 N–H and O–H groups in total. The van der Waals surface area contributed by atoms with E-state index in [2.05, 4.69) is 0 Å². The highest BCUT2D eigenvalue weighted by Gasteiger charge is 2.10. The average molecular weight is 239 g/mol. The third kappa shape index (κ3) is 4.10. The zero-order chi connectivity index (χ0) is 12.8. The van der Waals surface area contributed by atoms with Gasteiger partial charge in [0, 0.05) is 18.1 Å². The van der Waals surface area contributed by atoms with Crippen LogP contribution in [0.4, 0.5) is 5.69 Å². The van der Waals surface area contributed by atoms with Gasteiger partial charge in [-0.15, -0.1) is 0 Å². The van der Waals surface area contributed by atoms with E-state index in [4.69, 9.17) is 9.84 Å². The van der Waals surface area contributed by atoms with E-state index in [0.29, 0.717) is 17.7 Å². The number of ether oxygens (including phenoxy) is 1. The molecule has 6 nitrogen and oxygen atoms in total. The summed E-state index contributed by atoms with van der Waals surface area (Å²) in [5.41, 5.74) is 0.564. The molecular weight excluding hydrogens is 226 g/mol. The number of carboxylic acids is 1. The second-order valence-corrected chi connectivity index (χ2v) is 3.55. The van der Waals surface area contributed by atoms with E-state index < -0.39 is 10.9 Å². The van der Waals surface area contributed by atoms with Gasteiger partial charge in [-0.3, -0.25) is 14.9 Å². The number of rotatable bonds is 6. The normalized spacial score (nSPS) is 9.94. The van der Waals surface area contributed by atoms with Crippen molar-refractivity contribution in [2.24, 2.45) is 0 Å². The molecule has 0 aromatic heterocycles. The molecule has 0 bridgehead atoms. The molecule has 6 heteroatoms. The monoisotopic (exact) mass is 239 g/mol. The lowest BCUT2D eigenvalue weighted by Gasteiger charge is -2.06. The van der Waals surface area contributed by atoms with E-state index >= 15 is 0 Å². The predicted octanol–water partition coefficient (Wildman–Crippen LogP) is 2.15. The van der Waals surface area contributed by atoms with E-state index in [9.17, 15) is 14.9 Å². The molecule has 0 spiro atoms. The molecule has 0 atom stereocenters. The van der Waals surface area contributed by atoms with Crippen molar-refractivity contribution in [2.45, 2.75) is 19.8 Å². The largest absolute Gasteiger partial charge is 0.494 e. The minimum absolute atomic E-state index is 0.0443. The highest BCUT2D eigenvalue weighted by atomic mass is 16.6. The summed E-state index contributed by atoms with van der Waals surface area (Å²) in [6.07, 6.45) is 0.456. The van der Waals surface area contributed by atoms with E-state index in [1.54, 1.807) is 13.0 Å². The Morgan fingerprint density at radius 3 is 2.76 bits per heavy atom. The number of benzene rings is 1. The maximum absolute atomic E-state index is 10.6. The van der Waals surface area contributed by atoms with Gasteiger partial charge in [0.2, 0.25) is 0 Å². The molecule has 0 aliphatic carbocycles. The second kappa shape index (κ2) is 5.83. The van der Waals surface area contributed by atoms with E-state index in [1.807, 2.05) is 0 Å². The lowest BCUT2D eigenvalue weighted by molar-refractivity contribution is -0.385. The van der Waals surface area contributed by atoms with Gasteiger partial charge in [0.15, 0.2) is 0 Å². The Morgan fingerprint density at radius 1 is 1.53 bits per heavy atom. The summed E-state index contributed by atoms with van der Waals surface area (Å²) in [4.78, 5) is 20.4. The first-order valence-electron chi connectivity index (χ1n) is 5.10. The summed E-state index contributed by atoms with van der Waals surface area (Å²) >= 11 is 0. The first-order chi connectivity index (χ1) is 8.00. The predicted molar refractivity (Wildman–Crippen MR) is 60.2 cm³/mol. The Balaban J connectivity index is 2.53. The van der Waals surface area contributed by atoms with Crippen LogP contribution >= 0.6 is 0 Å². The van der Waals surface area contributed by atoms with Crippen molar-refractivity contribution in [3.8, 4) is 5.75 Å². The lowest BCUT2D eigenvalue weighted by atomic mass is 10.2. The Labute approximate surface area is 98.0 Å². The Kier molecular flexibility index (Phi) is 4.45. The summed E-state index contributed by atoms with van der Waals surface area (Å²) in [6.45, 7) is 1.91.